The summed E-state index contributed by atoms with van der Waals surface area (Å²) in [5.41, 5.74) is 9.77. The maximum atomic E-state index is 12.8. The summed E-state index contributed by atoms with van der Waals surface area (Å²) >= 11 is 0. The van der Waals surface area contributed by atoms with E-state index in [2.05, 4.69) is 0 Å². The number of hydrogen-bond acceptors (Lipinski definition) is 4. The zero-order valence-electron chi connectivity index (χ0n) is 12.7. The number of amides is 1. The first kappa shape index (κ1) is 13.9. The number of carbonyl (C=O) groups is 1. The van der Waals surface area contributed by atoms with Gasteiger partial charge in [-0.3, -0.25) is 4.79 Å². The standard InChI is InChI=1S/C18H18N2O3/c19-14-4-1-5-15-13(14)3-2-8-20(15)18(21)10-12-6-7-16-17(9-12)23-11-22-16/h1,4-7,9H,2-3,8,10-11,19H2. The number of rotatable bonds is 2. The summed E-state index contributed by atoms with van der Waals surface area (Å²) in [6.45, 7) is 0.978. The van der Waals surface area contributed by atoms with Crippen LogP contribution in [0.25, 0.3) is 0 Å². The second kappa shape index (κ2) is 5.50. The Labute approximate surface area is 134 Å². The Balaban J connectivity index is 1.58. The zero-order valence-corrected chi connectivity index (χ0v) is 12.7. The fourth-order valence-corrected chi connectivity index (χ4v) is 3.23. The molecule has 0 fully saturated rings. The monoisotopic (exact) mass is 310 g/mol. The van der Waals surface area contributed by atoms with Crippen LogP contribution in [0.15, 0.2) is 36.4 Å². The van der Waals surface area contributed by atoms with Gasteiger partial charge in [0.05, 0.1) is 6.42 Å². The molecule has 0 unspecified atom stereocenters. The number of carbonyl (C=O) groups excluding carboxylic acids is 1. The van der Waals surface area contributed by atoms with E-state index in [-0.39, 0.29) is 12.7 Å². The molecule has 23 heavy (non-hydrogen) atoms. The number of fused-ring (bicyclic) bond motifs is 2. The molecule has 5 heteroatoms. The lowest BCUT2D eigenvalue weighted by molar-refractivity contribution is -0.118. The van der Waals surface area contributed by atoms with Gasteiger partial charge in [0.2, 0.25) is 12.7 Å². The molecule has 0 bridgehead atoms. The molecule has 2 aromatic rings. The van der Waals surface area contributed by atoms with E-state index in [9.17, 15) is 4.79 Å². The molecular formula is C18H18N2O3. The second-order valence-electron chi connectivity index (χ2n) is 5.86. The predicted molar refractivity (Wildman–Crippen MR) is 87.8 cm³/mol. The highest BCUT2D eigenvalue weighted by atomic mass is 16.7. The predicted octanol–water partition coefficient (Wildman–Crippen LogP) is 2.52. The van der Waals surface area contributed by atoms with Crippen LogP contribution in [0.4, 0.5) is 11.4 Å². The average molecular weight is 310 g/mol. The lowest BCUT2D eigenvalue weighted by Gasteiger charge is -2.30. The topological polar surface area (TPSA) is 64.8 Å². The van der Waals surface area contributed by atoms with E-state index in [4.69, 9.17) is 15.2 Å². The summed E-state index contributed by atoms with van der Waals surface area (Å²) < 4.78 is 10.7. The smallest absolute Gasteiger partial charge is 0.231 e. The normalized spacial score (nSPS) is 15.4. The number of nitrogens with zero attached hydrogens (tertiary/aromatic N) is 1. The fraction of sp³-hybridized carbons (Fsp3) is 0.278. The third kappa shape index (κ3) is 2.48. The summed E-state index contributed by atoms with van der Waals surface area (Å²) in [6, 6.07) is 11.4. The van der Waals surface area contributed by atoms with Crippen molar-refractivity contribution >= 4 is 17.3 Å². The first-order chi connectivity index (χ1) is 11.2. The van der Waals surface area contributed by atoms with E-state index in [0.29, 0.717) is 12.2 Å². The molecule has 0 aliphatic carbocycles. The van der Waals surface area contributed by atoms with Crippen molar-refractivity contribution in [3.63, 3.8) is 0 Å². The molecule has 0 atom stereocenters. The van der Waals surface area contributed by atoms with Crippen LogP contribution in [0.3, 0.4) is 0 Å². The Morgan fingerprint density at radius 1 is 1.17 bits per heavy atom. The van der Waals surface area contributed by atoms with E-state index in [1.807, 2.05) is 41.3 Å². The molecule has 118 valence electrons. The summed E-state index contributed by atoms with van der Waals surface area (Å²) in [7, 11) is 0. The van der Waals surface area contributed by atoms with Crippen molar-refractivity contribution in [2.45, 2.75) is 19.3 Å². The molecule has 4 rings (SSSR count). The molecule has 5 nitrogen and oxygen atoms in total. The Morgan fingerprint density at radius 2 is 2.04 bits per heavy atom. The highest BCUT2D eigenvalue weighted by Gasteiger charge is 2.24. The van der Waals surface area contributed by atoms with E-state index in [0.717, 1.165) is 47.6 Å². The van der Waals surface area contributed by atoms with Gasteiger partial charge in [0, 0.05) is 17.9 Å². The van der Waals surface area contributed by atoms with E-state index in [1.165, 1.54) is 0 Å². The number of nitrogens with two attached hydrogens (primary N) is 1. The van der Waals surface area contributed by atoms with Crippen LogP contribution in [0.1, 0.15) is 17.5 Å². The van der Waals surface area contributed by atoms with E-state index < -0.39 is 0 Å². The van der Waals surface area contributed by atoms with Crippen molar-refractivity contribution in [1.29, 1.82) is 0 Å². The Hall–Kier alpha value is -2.69. The van der Waals surface area contributed by atoms with Crippen LogP contribution >= 0.6 is 0 Å². The highest BCUT2D eigenvalue weighted by molar-refractivity contribution is 5.96. The van der Waals surface area contributed by atoms with Crippen LogP contribution in [-0.4, -0.2) is 19.2 Å². The molecule has 0 spiro atoms. The molecule has 0 saturated heterocycles. The molecule has 2 N–H and O–H groups in total. The van der Waals surface area contributed by atoms with Crippen molar-refractivity contribution in [1.82, 2.24) is 0 Å². The quantitative estimate of drug-likeness (QED) is 0.866. The second-order valence-corrected chi connectivity index (χ2v) is 5.86. The number of ether oxygens (including phenoxy) is 2. The van der Waals surface area contributed by atoms with Crippen molar-refractivity contribution in [2.75, 3.05) is 24.0 Å². The molecule has 0 radical (unpaired) electrons. The van der Waals surface area contributed by atoms with Gasteiger partial charge in [-0.1, -0.05) is 12.1 Å². The van der Waals surface area contributed by atoms with Gasteiger partial charge in [-0.2, -0.15) is 0 Å². The summed E-state index contributed by atoms with van der Waals surface area (Å²) in [5.74, 6) is 1.52. The van der Waals surface area contributed by atoms with Gasteiger partial charge in [-0.25, -0.2) is 0 Å². The van der Waals surface area contributed by atoms with Crippen LogP contribution < -0.4 is 20.1 Å². The molecule has 2 heterocycles. The lowest BCUT2D eigenvalue weighted by Crippen LogP contribution is -2.36. The lowest BCUT2D eigenvalue weighted by atomic mass is 9.99. The minimum absolute atomic E-state index is 0.0791. The molecule has 2 aliphatic heterocycles. The van der Waals surface area contributed by atoms with Gasteiger partial charge in [0.25, 0.3) is 0 Å². The van der Waals surface area contributed by atoms with Crippen molar-refractivity contribution < 1.29 is 14.3 Å². The first-order valence-electron chi connectivity index (χ1n) is 7.78. The SMILES string of the molecule is Nc1cccc2c1CCCN2C(=O)Cc1ccc2c(c1)OCO2. The summed E-state index contributed by atoms with van der Waals surface area (Å²) in [6.07, 6.45) is 2.20. The maximum Gasteiger partial charge on any atom is 0.231 e. The molecule has 1 amide bonds. The Bertz CT molecular complexity index is 773. The average Bonchev–Trinajstić information content (AvgIpc) is 3.02. The number of benzene rings is 2. The van der Waals surface area contributed by atoms with Crippen LogP contribution in [0.5, 0.6) is 11.5 Å². The van der Waals surface area contributed by atoms with E-state index >= 15 is 0 Å². The highest BCUT2D eigenvalue weighted by Crippen LogP contribution is 2.34. The van der Waals surface area contributed by atoms with Crippen LogP contribution in [0, 0.1) is 0 Å². The van der Waals surface area contributed by atoms with Gasteiger partial charge in [-0.05, 0) is 48.2 Å². The molecular weight excluding hydrogens is 292 g/mol. The summed E-state index contributed by atoms with van der Waals surface area (Å²) in [5, 5.41) is 0. The number of anilines is 2. The van der Waals surface area contributed by atoms with Gasteiger partial charge < -0.3 is 20.1 Å². The van der Waals surface area contributed by atoms with Gasteiger partial charge in [0.15, 0.2) is 11.5 Å². The van der Waals surface area contributed by atoms with Crippen LogP contribution in [-0.2, 0) is 17.6 Å². The van der Waals surface area contributed by atoms with Gasteiger partial charge in [0.1, 0.15) is 0 Å². The van der Waals surface area contributed by atoms with Crippen molar-refractivity contribution in [3.8, 4) is 11.5 Å². The minimum atomic E-state index is 0.0791. The minimum Gasteiger partial charge on any atom is -0.454 e. The van der Waals surface area contributed by atoms with Gasteiger partial charge >= 0.3 is 0 Å². The zero-order chi connectivity index (χ0) is 15.8. The van der Waals surface area contributed by atoms with E-state index in [1.54, 1.807) is 0 Å². The van der Waals surface area contributed by atoms with Crippen molar-refractivity contribution in [3.05, 3.63) is 47.5 Å². The third-order valence-electron chi connectivity index (χ3n) is 4.38. The number of hydrogen-bond donors (Lipinski definition) is 1. The Kier molecular flexibility index (Phi) is 3.33. The van der Waals surface area contributed by atoms with Gasteiger partial charge in [-0.15, -0.1) is 0 Å². The largest absolute Gasteiger partial charge is 0.454 e. The molecule has 2 aromatic carbocycles. The molecule has 0 aromatic heterocycles. The Morgan fingerprint density at radius 3 is 2.96 bits per heavy atom. The summed E-state index contributed by atoms with van der Waals surface area (Å²) in [4.78, 5) is 14.6. The molecule has 2 aliphatic rings. The van der Waals surface area contributed by atoms with Crippen LogP contribution in [0.2, 0.25) is 0 Å². The fourth-order valence-electron chi connectivity index (χ4n) is 3.23. The van der Waals surface area contributed by atoms with Crippen molar-refractivity contribution in [2.24, 2.45) is 0 Å². The molecule has 0 saturated carbocycles. The maximum absolute atomic E-state index is 12.8. The third-order valence-corrected chi connectivity index (χ3v) is 4.38. The number of nitrogen functional groups attached to an aromatic ring is 1. The first-order valence-corrected chi connectivity index (χ1v) is 7.78.